The lowest BCUT2D eigenvalue weighted by molar-refractivity contribution is 0.441. The number of hydrogen-bond acceptors (Lipinski definition) is 1. The van der Waals surface area contributed by atoms with Crippen molar-refractivity contribution in [1.29, 1.82) is 5.26 Å². The van der Waals surface area contributed by atoms with Gasteiger partial charge in [0.1, 0.15) is 6.07 Å². The van der Waals surface area contributed by atoms with Crippen LogP contribution in [0, 0.1) is 23.8 Å². The first-order valence-electron chi connectivity index (χ1n) is 26.8. The van der Waals surface area contributed by atoms with Crippen LogP contribution in [0.25, 0.3) is 98.5 Å². The number of allylic oxidation sites excluding steroid dienone is 1. The van der Waals surface area contributed by atoms with Crippen LogP contribution in [0.15, 0.2) is 213 Å². The summed E-state index contributed by atoms with van der Waals surface area (Å²) in [6.07, 6.45) is 10.2. The predicted octanol–water partition coefficient (Wildman–Crippen LogP) is 19.5. The van der Waals surface area contributed by atoms with Gasteiger partial charge in [-0.3, -0.25) is 0 Å². The highest BCUT2D eigenvalue weighted by molar-refractivity contribution is 6.16. The monoisotopic (exact) mass is 969 g/mol. The van der Waals surface area contributed by atoms with Crippen LogP contribution in [0.5, 0.6) is 0 Å². The van der Waals surface area contributed by atoms with Crippen molar-refractivity contribution in [3.05, 3.63) is 241 Å². The van der Waals surface area contributed by atoms with Gasteiger partial charge in [0.05, 0.1) is 62.3 Å². The summed E-state index contributed by atoms with van der Waals surface area (Å²) in [7, 11) is 0. The number of nitriles is 1. The van der Waals surface area contributed by atoms with E-state index in [0.29, 0.717) is 28.7 Å². The molecule has 9 aromatic carbocycles. The van der Waals surface area contributed by atoms with E-state index in [1.165, 1.54) is 30.4 Å². The summed E-state index contributed by atoms with van der Waals surface area (Å²) in [5.41, 5.74) is 13.1. The third kappa shape index (κ3) is 8.08. The first kappa shape index (κ1) is 47.1. The van der Waals surface area contributed by atoms with E-state index in [0.717, 1.165) is 114 Å². The zero-order valence-corrected chi connectivity index (χ0v) is 42.8. The van der Waals surface area contributed by atoms with Crippen LogP contribution in [0.4, 0.5) is 5.69 Å². The highest BCUT2D eigenvalue weighted by Crippen LogP contribution is 2.52. The molecule has 12 aromatic rings. The van der Waals surface area contributed by atoms with Gasteiger partial charge in [-0.1, -0.05) is 197 Å². The Hall–Kier alpha value is -8.90. The second-order valence-corrected chi connectivity index (χ2v) is 20.4. The largest absolute Gasteiger partial charge is 0.317 e. The van der Waals surface area contributed by atoms with E-state index in [-0.39, 0.29) is 5.92 Å². The van der Waals surface area contributed by atoms with Crippen LogP contribution in [-0.2, 0) is 0 Å². The standard InChI is InChI=1S/C70H59N5/c1-5-7-23-48(6-2)39-41-51(50-24-9-8-10-25-50)40-38-47(3)49-42-44-52(45-43-49)66-59(46-71)68(73-60-32-17-11-26-53(60)54-27-12-18-33-61(54)73)70(75-64-36-21-15-30-57(64)58-31-16-22-37-65(58)75)69(67(66)72-4)74-62-34-19-13-28-55(62)56-29-14-20-35-63(56)74/h6,8-22,24-37,42-45,47-48,51H,2,5,7,23,38-41H2,1,3H3. The molecule has 3 aromatic heterocycles. The van der Waals surface area contributed by atoms with Crippen molar-refractivity contribution < 1.29 is 0 Å². The first-order chi connectivity index (χ1) is 37.0. The van der Waals surface area contributed by atoms with Crippen molar-refractivity contribution in [2.75, 3.05) is 0 Å². The van der Waals surface area contributed by atoms with Crippen LogP contribution in [0.3, 0.4) is 0 Å². The number of rotatable bonds is 16. The van der Waals surface area contributed by atoms with Gasteiger partial charge in [-0.2, -0.15) is 5.26 Å². The Labute approximate surface area is 439 Å². The van der Waals surface area contributed by atoms with Gasteiger partial charge in [0.25, 0.3) is 0 Å². The van der Waals surface area contributed by atoms with E-state index in [1.807, 2.05) is 0 Å². The third-order valence-corrected chi connectivity index (χ3v) is 16.2. The minimum absolute atomic E-state index is 0.287. The lowest BCUT2D eigenvalue weighted by Gasteiger charge is -2.27. The van der Waals surface area contributed by atoms with Crippen molar-refractivity contribution in [2.45, 2.75) is 70.6 Å². The maximum Gasteiger partial charge on any atom is 0.221 e. The first-order valence-corrected chi connectivity index (χ1v) is 26.8. The molecule has 12 rings (SSSR count). The molecule has 5 nitrogen and oxygen atoms in total. The Morgan fingerprint density at radius 2 is 0.907 bits per heavy atom. The Balaban J connectivity index is 1.12. The van der Waals surface area contributed by atoms with Gasteiger partial charge in [0, 0.05) is 37.9 Å². The minimum atomic E-state index is 0.287. The number of fused-ring (bicyclic) bond motifs is 9. The predicted molar refractivity (Wildman–Crippen MR) is 315 cm³/mol. The number of benzene rings is 9. The van der Waals surface area contributed by atoms with Gasteiger partial charge >= 0.3 is 0 Å². The van der Waals surface area contributed by atoms with Crippen molar-refractivity contribution in [3.8, 4) is 34.3 Å². The lowest BCUT2D eigenvalue weighted by atomic mass is 9.83. The fourth-order valence-electron chi connectivity index (χ4n) is 12.4. The fourth-order valence-corrected chi connectivity index (χ4v) is 12.4. The van der Waals surface area contributed by atoms with Crippen LogP contribution >= 0.6 is 0 Å². The molecule has 0 fully saturated rings. The summed E-state index contributed by atoms with van der Waals surface area (Å²) < 4.78 is 6.94. The van der Waals surface area contributed by atoms with E-state index < -0.39 is 0 Å². The topological polar surface area (TPSA) is 42.9 Å². The highest BCUT2D eigenvalue weighted by atomic mass is 15.1. The molecule has 0 aliphatic heterocycles. The van der Waals surface area contributed by atoms with E-state index in [4.69, 9.17) is 0 Å². The molecule has 75 heavy (non-hydrogen) atoms. The van der Waals surface area contributed by atoms with Gasteiger partial charge in [-0.05, 0) is 103 Å². The molecule has 0 radical (unpaired) electrons. The Bertz CT molecular complexity index is 3880. The molecular weight excluding hydrogens is 911 g/mol. The van der Waals surface area contributed by atoms with Crippen LogP contribution in [0.1, 0.15) is 87.3 Å². The zero-order valence-electron chi connectivity index (χ0n) is 42.8. The summed E-state index contributed by atoms with van der Waals surface area (Å²) in [6.45, 7) is 18.3. The van der Waals surface area contributed by atoms with Crippen LogP contribution < -0.4 is 0 Å². The summed E-state index contributed by atoms with van der Waals surface area (Å²) in [6, 6.07) is 73.8. The number of aromatic nitrogens is 3. The van der Waals surface area contributed by atoms with E-state index >= 15 is 0 Å². The fraction of sp³-hybridized carbons (Fsp3) is 0.171. The normalized spacial score (nSPS) is 12.9. The van der Waals surface area contributed by atoms with Gasteiger partial charge in [-0.25, -0.2) is 4.85 Å². The van der Waals surface area contributed by atoms with Gasteiger partial charge in [-0.15, -0.1) is 6.58 Å². The Morgan fingerprint density at radius 1 is 0.493 bits per heavy atom. The molecule has 5 heteroatoms. The molecule has 3 unspecified atom stereocenters. The van der Waals surface area contributed by atoms with Crippen molar-refractivity contribution in [2.24, 2.45) is 5.92 Å². The Kier molecular flexibility index (Phi) is 12.7. The van der Waals surface area contributed by atoms with E-state index in [9.17, 15) is 11.8 Å². The van der Waals surface area contributed by atoms with Crippen molar-refractivity contribution in [1.82, 2.24) is 13.7 Å². The zero-order chi connectivity index (χ0) is 51.0. The summed E-state index contributed by atoms with van der Waals surface area (Å²) >= 11 is 0. The molecule has 0 aliphatic rings. The number of unbranched alkanes of at least 4 members (excludes halogenated alkanes) is 1. The molecule has 0 saturated carbocycles. The van der Waals surface area contributed by atoms with Gasteiger partial charge in [0.15, 0.2) is 0 Å². The van der Waals surface area contributed by atoms with Crippen molar-refractivity contribution in [3.63, 3.8) is 0 Å². The molecule has 364 valence electrons. The molecule has 3 heterocycles. The minimum Gasteiger partial charge on any atom is -0.317 e. The SMILES string of the molecule is [C-]#[N+]c1c(-c2ccc(C(C)CCC(CCC(C=C)CCCC)c3ccccc3)cc2)c(C#N)c(-n2c3ccccc3c3ccccc32)c(-n2c3ccccc3c3ccccc32)c1-n1c2ccccc2c2ccccc21. The number of nitrogens with zero attached hydrogens (tertiary/aromatic N) is 5. The second-order valence-electron chi connectivity index (χ2n) is 20.4. The molecule has 0 saturated heterocycles. The van der Waals surface area contributed by atoms with Crippen LogP contribution in [0.2, 0.25) is 0 Å². The molecule has 0 aliphatic carbocycles. The molecule has 0 amide bonds. The smallest absolute Gasteiger partial charge is 0.221 e. The van der Waals surface area contributed by atoms with Gasteiger partial charge in [0.2, 0.25) is 5.69 Å². The average molecular weight is 970 g/mol. The highest BCUT2D eigenvalue weighted by Gasteiger charge is 2.33. The Morgan fingerprint density at radius 3 is 1.33 bits per heavy atom. The molecule has 0 spiro atoms. The van der Waals surface area contributed by atoms with Gasteiger partial charge < -0.3 is 13.7 Å². The quantitative estimate of drug-likeness (QED) is 0.0703. The number of para-hydroxylation sites is 6. The van der Waals surface area contributed by atoms with E-state index in [2.05, 4.69) is 251 Å². The molecular formula is C70H59N5. The maximum atomic E-state index is 12.1. The number of hydrogen-bond donors (Lipinski definition) is 0. The molecule has 3 atom stereocenters. The molecule has 0 N–H and O–H groups in total. The lowest BCUT2D eigenvalue weighted by Crippen LogP contribution is -2.13. The second kappa shape index (κ2) is 20.2. The average Bonchev–Trinajstić information content (AvgIpc) is 4.26. The summed E-state index contributed by atoms with van der Waals surface area (Å²) in [5, 5.41) is 18.7. The summed E-state index contributed by atoms with van der Waals surface area (Å²) in [5.74, 6) is 1.29. The molecule has 0 bridgehead atoms. The van der Waals surface area contributed by atoms with E-state index in [1.54, 1.807) is 0 Å². The maximum absolute atomic E-state index is 12.1. The summed E-state index contributed by atoms with van der Waals surface area (Å²) in [4.78, 5) is 4.64. The van der Waals surface area contributed by atoms with Crippen LogP contribution in [-0.4, -0.2) is 13.7 Å². The van der Waals surface area contributed by atoms with Crippen molar-refractivity contribution >= 4 is 71.1 Å². The third-order valence-electron chi connectivity index (χ3n) is 16.2.